The van der Waals surface area contributed by atoms with Crippen molar-refractivity contribution in [2.24, 2.45) is 0 Å². The zero-order chi connectivity index (χ0) is 11.7. The van der Waals surface area contributed by atoms with Crippen LogP contribution in [0.25, 0.3) is 0 Å². The molecule has 0 aliphatic rings. The van der Waals surface area contributed by atoms with Crippen LogP contribution in [0.5, 0.6) is 0 Å². The molecule has 15 heavy (non-hydrogen) atoms. The van der Waals surface area contributed by atoms with Gasteiger partial charge >= 0.3 is 0 Å². The molecule has 86 valence electrons. The molecule has 0 aromatic heterocycles. The molecule has 0 radical (unpaired) electrons. The Morgan fingerprint density at radius 3 is 2.53 bits per heavy atom. The van der Waals surface area contributed by atoms with E-state index in [1.54, 1.807) is 18.1 Å². The molecule has 0 aromatic carbocycles. The van der Waals surface area contributed by atoms with Crippen molar-refractivity contribution in [2.75, 3.05) is 26.8 Å². The van der Waals surface area contributed by atoms with E-state index in [9.17, 15) is 9.59 Å². The van der Waals surface area contributed by atoms with Gasteiger partial charge in [-0.05, 0) is 6.92 Å². The third-order valence-corrected chi connectivity index (χ3v) is 1.96. The van der Waals surface area contributed by atoms with Crippen LogP contribution in [0, 0.1) is 0 Å². The first-order valence-electron chi connectivity index (χ1n) is 4.98. The third kappa shape index (κ3) is 6.85. The van der Waals surface area contributed by atoms with Gasteiger partial charge in [0.05, 0.1) is 6.61 Å². The largest absolute Gasteiger partial charge is 0.383 e. The van der Waals surface area contributed by atoms with Gasteiger partial charge in [0.2, 0.25) is 5.91 Å². The van der Waals surface area contributed by atoms with Crippen LogP contribution in [-0.2, 0) is 14.3 Å². The van der Waals surface area contributed by atoms with Crippen molar-refractivity contribution in [2.45, 2.75) is 19.8 Å². The second kappa shape index (κ2) is 8.17. The summed E-state index contributed by atoms with van der Waals surface area (Å²) in [6.07, 6.45) is 2.24. The molecule has 0 rings (SSSR count). The zero-order valence-electron chi connectivity index (χ0n) is 9.49. The lowest BCUT2D eigenvalue weighted by Gasteiger charge is -2.20. The molecule has 0 N–H and O–H groups in total. The Labute approximate surface area is 90.9 Å². The van der Waals surface area contributed by atoms with E-state index in [1.807, 2.05) is 0 Å². The first kappa shape index (κ1) is 13.8. The van der Waals surface area contributed by atoms with Crippen LogP contribution in [0.15, 0.2) is 12.7 Å². The zero-order valence-corrected chi connectivity index (χ0v) is 9.49. The number of carbonyl (C=O) groups excluding carboxylic acids is 2. The summed E-state index contributed by atoms with van der Waals surface area (Å²) < 4.78 is 4.90. The molecule has 1 amide bonds. The summed E-state index contributed by atoms with van der Waals surface area (Å²) >= 11 is 0. The second-order valence-corrected chi connectivity index (χ2v) is 3.32. The Balaban J connectivity index is 4.02. The molecule has 4 nitrogen and oxygen atoms in total. The number of carbonyl (C=O) groups is 2. The van der Waals surface area contributed by atoms with Gasteiger partial charge in [-0.3, -0.25) is 4.79 Å². The van der Waals surface area contributed by atoms with Gasteiger partial charge in [0.15, 0.2) is 0 Å². The van der Waals surface area contributed by atoms with E-state index in [1.165, 1.54) is 6.92 Å². The predicted molar refractivity (Wildman–Crippen MR) is 58.6 cm³/mol. The molecule has 0 spiro atoms. The van der Waals surface area contributed by atoms with Gasteiger partial charge in [0.25, 0.3) is 0 Å². The number of methoxy groups -OCH3 is 1. The molecule has 0 aliphatic heterocycles. The molecular weight excluding hydrogens is 194 g/mol. The molecule has 0 aromatic rings. The lowest BCUT2D eigenvalue weighted by atomic mass is 10.2. The maximum absolute atomic E-state index is 11.6. The maximum Gasteiger partial charge on any atom is 0.223 e. The van der Waals surface area contributed by atoms with E-state index in [0.29, 0.717) is 26.1 Å². The van der Waals surface area contributed by atoms with Crippen molar-refractivity contribution < 1.29 is 14.3 Å². The molecule has 4 heteroatoms. The third-order valence-electron chi connectivity index (χ3n) is 1.96. The maximum atomic E-state index is 11.6. The Kier molecular flexibility index (Phi) is 7.54. The van der Waals surface area contributed by atoms with E-state index in [0.717, 1.165) is 0 Å². The summed E-state index contributed by atoms with van der Waals surface area (Å²) in [5.41, 5.74) is 0. The van der Waals surface area contributed by atoms with Crippen molar-refractivity contribution in [3.8, 4) is 0 Å². The molecule has 0 atom stereocenters. The monoisotopic (exact) mass is 213 g/mol. The van der Waals surface area contributed by atoms with E-state index in [4.69, 9.17) is 4.74 Å². The molecular formula is C11H19NO3. The first-order valence-corrected chi connectivity index (χ1v) is 4.98. The van der Waals surface area contributed by atoms with Gasteiger partial charge in [-0.2, -0.15) is 0 Å². The summed E-state index contributed by atoms with van der Waals surface area (Å²) in [7, 11) is 1.59. The predicted octanol–water partition coefficient (Wildman–Crippen LogP) is 1.02. The van der Waals surface area contributed by atoms with Crippen LogP contribution in [-0.4, -0.2) is 43.4 Å². The van der Waals surface area contributed by atoms with Crippen molar-refractivity contribution in [1.82, 2.24) is 4.90 Å². The van der Waals surface area contributed by atoms with Gasteiger partial charge < -0.3 is 14.4 Å². The van der Waals surface area contributed by atoms with Crippen LogP contribution in [0.4, 0.5) is 0 Å². The lowest BCUT2D eigenvalue weighted by Crippen LogP contribution is -2.34. The average molecular weight is 213 g/mol. The minimum Gasteiger partial charge on any atom is -0.383 e. The van der Waals surface area contributed by atoms with Crippen molar-refractivity contribution in [3.63, 3.8) is 0 Å². The fraction of sp³-hybridized carbons (Fsp3) is 0.636. The number of rotatable bonds is 8. The summed E-state index contributed by atoms with van der Waals surface area (Å²) in [5, 5.41) is 0. The number of hydrogen-bond donors (Lipinski definition) is 0. The van der Waals surface area contributed by atoms with E-state index in [2.05, 4.69) is 6.58 Å². The van der Waals surface area contributed by atoms with E-state index in [-0.39, 0.29) is 18.1 Å². The number of amides is 1. The molecule has 0 bridgehead atoms. The second-order valence-electron chi connectivity index (χ2n) is 3.32. The number of Topliss-reactive ketones (excluding diaryl/α,β-unsaturated/α-hetero) is 1. The quantitative estimate of drug-likeness (QED) is 0.565. The fourth-order valence-corrected chi connectivity index (χ4v) is 1.12. The van der Waals surface area contributed by atoms with E-state index >= 15 is 0 Å². The van der Waals surface area contributed by atoms with Crippen LogP contribution < -0.4 is 0 Å². The van der Waals surface area contributed by atoms with Gasteiger partial charge in [-0.25, -0.2) is 0 Å². The molecule has 0 aliphatic carbocycles. The number of ketones is 1. The highest BCUT2D eigenvalue weighted by Crippen LogP contribution is 1.99. The van der Waals surface area contributed by atoms with Crippen LogP contribution in [0.1, 0.15) is 19.8 Å². The summed E-state index contributed by atoms with van der Waals surface area (Å²) in [6.45, 7) is 6.61. The average Bonchev–Trinajstić information content (AvgIpc) is 2.20. The first-order chi connectivity index (χ1) is 7.11. The van der Waals surface area contributed by atoms with Gasteiger partial charge in [0, 0.05) is 33.0 Å². The SMILES string of the molecule is C=CCN(CCOC)C(=O)CCC(C)=O. The molecule has 0 heterocycles. The Hall–Kier alpha value is -1.16. The summed E-state index contributed by atoms with van der Waals surface area (Å²) in [6, 6.07) is 0. The van der Waals surface area contributed by atoms with Gasteiger partial charge in [-0.1, -0.05) is 6.08 Å². The van der Waals surface area contributed by atoms with Crippen molar-refractivity contribution in [3.05, 3.63) is 12.7 Å². The van der Waals surface area contributed by atoms with Crippen LogP contribution in [0.3, 0.4) is 0 Å². The Morgan fingerprint density at radius 1 is 1.40 bits per heavy atom. The van der Waals surface area contributed by atoms with Crippen LogP contribution in [0.2, 0.25) is 0 Å². The summed E-state index contributed by atoms with van der Waals surface area (Å²) in [4.78, 5) is 24.0. The molecule has 0 saturated heterocycles. The fourth-order valence-electron chi connectivity index (χ4n) is 1.12. The summed E-state index contributed by atoms with van der Waals surface area (Å²) in [5.74, 6) is 0.00999. The topological polar surface area (TPSA) is 46.6 Å². The highest BCUT2D eigenvalue weighted by atomic mass is 16.5. The lowest BCUT2D eigenvalue weighted by molar-refractivity contribution is -0.133. The normalized spacial score (nSPS) is 9.73. The standard InChI is InChI=1S/C11H19NO3/c1-4-7-12(8-9-15-3)11(14)6-5-10(2)13/h4H,1,5-9H2,2-3H3. The Morgan fingerprint density at radius 2 is 2.07 bits per heavy atom. The van der Waals surface area contributed by atoms with Crippen LogP contribution >= 0.6 is 0 Å². The van der Waals surface area contributed by atoms with Gasteiger partial charge in [-0.15, -0.1) is 6.58 Å². The number of nitrogens with zero attached hydrogens (tertiary/aromatic N) is 1. The molecule has 0 fully saturated rings. The molecule has 0 unspecified atom stereocenters. The number of ether oxygens (including phenoxy) is 1. The van der Waals surface area contributed by atoms with Gasteiger partial charge in [0.1, 0.15) is 5.78 Å². The molecule has 0 saturated carbocycles. The number of hydrogen-bond acceptors (Lipinski definition) is 3. The Bertz CT molecular complexity index is 226. The minimum absolute atomic E-state index is 0.0258. The smallest absolute Gasteiger partial charge is 0.223 e. The van der Waals surface area contributed by atoms with Crippen molar-refractivity contribution >= 4 is 11.7 Å². The van der Waals surface area contributed by atoms with E-state index < -0.39 is 0 Å². The highest BCUT2D eigenvalue weighted by molar-refractivity contribution is 5.83. The van der Waals surface area contributed by atoms with Crippen molar-refractivity contribution in [1.29, 1.82) is 0 Å². The minimum atomic E-state index is -0.0258. The highest BCUT2D eigenvalue weighted by Gasteiger charge is 2.11.